The third-order valence-corrected chi connectivity index (χ3v) is 10.9. The van der Waals surface area contributed by atoms with Crippen LogP contribution in [0, 0.1) is 13.8 Å². The summed E-state index contributed by atoms with van der Waals surface area (Å²) in [7, 11) is 0. The van der Waals surface area contributed by atoms with E-state index in [1.54, 1.807) is 6.20 Å². The highest BCUT2D eigenvalue weighted by atomic mass is 16.4. The molecule has 0 unspecified atom stereocenters. The molecule has 10 nitrogen and oxygen atoms in total. The number of carbonyl (C=O) groups excluding carboxylic acids is 2. The molecule has 4 N–H and O–H groups in total. The minimum absolute atomic E-state index is 0.0947. The quantitative estimate of drug-likeness (QED) is 0.105. The van der Waals surface area contributed by atoms with E-state index in [4.69, 9.17) is 0 Å². The molecule has 3 aliphatic rings. The Morgan fingerprint density at radius 3 is 2.12 bits per heavy atom. The number of Topliss-reactive ketones (excluding diaryl/α,β-unsaturated/α-hetero) is 1. The Bertz CT molecular complexity index is 2000. The fraction of sp³-hybridized carbons (Fsp3) is 0.405. The van der Waals surface area contributed by atoms with Crippen molar-refractivity contribution in [2.45, 2.75) is 89.8 Å². The fourth-order valence-electron chi connectivity index (χ4n) is 7.43. The molecule has 52 heavy (non-hydrogen) atoms. The van der Waals surface area contributed by atoms with Crippen LogP contribution in [0.2, 0.25) is 0 Å². The lowest BCUT2D eigenvalue weighted by Crippen LogP contribution is -2.39. The third kappa shape index (κ3) is 7.99. The average molecular weight is 702 g/mol. The van der Waals surface area contributed by atoms with Crippen LogP contribution in [-0.4, -0.2) is 68.5 Å². The first-order valence-electron chi connectivity index (χ1n) is 18.5. The van der Waals surface area contributed by atoms with Gasteiger partial charge in [0.1, 0.15) is 17.4 Å². The highest BCUT2D eigenvalue weighted by Crippen LogP contribution is 2.43. The van der Waals surface area contributed by atoms with E-state index in [2.05, 4.69) is 25.5 Å². The molecule has 0 bridgehead atoms. The van der Waals surface area contributed by atoms with E-state index in [9.17, 15) is 24.6 Å². The highest BCUT2D eigenvalue weighted by molar-refractivity contribution is 6.04. The van der Waals surface area contributed by atoms with Crippen LogP contribution in [0.15, 0.2) is 60.9 Å². The van der Waals surface area contributed by atoms with E-state index in [0.29, 0.717) is 23.2 Å². The molecule has 2 aromatic carbocycles. The van der Waals surface area contributed by atoms with Crippen molar-refractivity contribution in [2.24, 2.45) is 0 Å². The number of anilines is 1. The molecule has 1 amide bonds. The van der Waals surface area contributed by atoms with Crippen molar-refractivity contribution in [3.8, 4) is 11.1 Å². The van der Waals surface area contributed by atoms with Gasteiger partial charge in [-0.2, -0.15) is 0 Å². The van der Waals surface area contributed by atoms with Crippen molar-refractivity contribution in [2.75, 3.05) is 25.0 Å². The number of pyridine rings is 2. The summed E-state index contributed by atoms with van der Waals surface area (Å²) >= 11 is 0. The summed E-state index contributed by atoms with van der Waals surface area (Å²) in [6.07, 6.45) is 10.6. The summed E-state index contributed by atoms with van der Waals surface area (Å²) in [6.45, 7) is 6.90. The maximum absolute atomic E-state index is 13.6. The van der Waals surface area contributed by atoms with Gasteiger partial charge in [0.05, 0.1) is 6.61 Å². The molecule has 1 aliphatic heterocycles. The zero-order chi connectivity index (χ0) is 36.4. The number of aliphatic carboxylic acids is 1. The van der Waals surface area contributed by atoms with Crippen LogP contribution in [0.4, 0.5) is 5.69 Å². The predicted molar refractivity (Wildman–Crippen MR) is 200 cm³/mol. The monoisotopic (exact) mass is 701 g/mol. The molecule has 2 aromatic heterocycles. The maximum atomic E-state index is 13.6. The standard InChI is InChI=1S/C42H47N5O5/c1-25-29(17-40(49)37-18-34(27-11-12-27)30(20-43-37)21-45-39(24-48)42(51)52)7-5-8-32(25)33-9-6-10-36(26(33)2)46-41(50)38-19-35(28-13-14-28)31(22-44-38)23-47-15-3-4-16-47/h5-10,18-20,22,27-28,39,45,48H,3-4,11-17,21,23-24H2,1-2H3,(H,46,50)(H,51,52)/t39-/m1/s1. The number of hydrogen-bond acceptors (Lipinski definition) is 8. The van der Waals surface area contributed by atoms with Crippen LogP contribution in [0.25, 0.3) is 11.1 Å². The van der Waals surface area contributed by atoms with Crippen molar-refractivity contribution in [1.82, 2.24) is 20.2 Å². The molecule has 4 aromatic rings. The summed E-state index contributed by atoms with van der Waals surface area (Å²) in [5.41, 5.74) is 10.7. The zero-order valence-electron chi connectivity index (χ0n) is 30.0. The summed E-state index contributed by atoms with van der Waals surface area (Å²) in [4.78, 5) is 50.1. The molecule has 10 heteroatoms. The van der Waals surface area contributed by atoms with E-state index in [1.165, 1.54) is 24.0 Å². The Labute approximate surface area is 304 Å². The number of carboxylic acid groups (broad SMARTS) is 1. The van der Waals surface area contributed by atoms with E-state index in [-0.39, 0.29) is 24.7 Å². The van der Waals surface area contributed by atoms with Gasteiger partial charge >= 0.3 is 5.97 Å². The van der Waals surface area contributed by atoms with E-state index in [1.807, 2.05) is 68.6 Å². The second-order valence-electron chi connectivity index (χ2n) is 14.6. The summed E-state index contributed by atoms with van der Waals surface area (Å²) < 4.78 is 0. The molecule has 3 fully saturated rings. The number of carbonyl (C=O) groups is 3. The van der Waals surface area contributed by atoms with Gasteiger partial charge in [-0.3, -0.25) is 34.6 Å². The number of amides is 1. The molecule has 2 saturated carbocycles. The van der Waals surface area contributed by atoms with Gasteiger partial charge in [0, 0.05) is 37.6 Å². The minimum atomic E-state index is -1.12. The Morgan fingerprint density at radius 2 is 1.44 bits per heavy atom. The van der Waals surface area contributed by atoms with Crippen molar-refractivity contribution in [3.63, 3.8) is 0 Å². The molecule has 1 atom stereocenters. The number of aliphatic hydroxyl groups is 1. The van der Waals surface area contributed by atoms with Gasteiger partial charge in [0.15, 0.2) is 5.78 Å². The van der Waals surface area contributed by atoms with Crippen LogP contribution in [0.3, 0.4) is 0 Å². The lowest BCUT2D eigenvalue weighted by atomic mass is 9.90. The second kappa shape index (κ2) is 15.5. The summed E-state index contributed by atoms with van der Waals surface area (Å²) in [5, 5.41) is 24.7. The van der Waals surface area contributed by atoms with Crippen molar-refractivity contribution in [3.05, 3.63) is 111 Å². The largest absolute Gasteiger partial charge is 0.480 e. The second-order valence-corrected chi connectivity index (χ2v) is 14.6. The molecule has 7 rings (SSSR count). The Hall–Kier alpha value is -4.77. The van der Waals surface area contributed by atoms with Crippen molar-refractivity contribution >= 4 is 23.3 Å². The smallest absolute Gasteiger partial charge is 0.323 e. The molecule has 1 saturated heterocycles. The highest BCUT2D eigenvalue weighted by Gasteiger charge is 2.30. The van der Waals surface area contributed by atoms with Crippen LogP contribution >= 0.6 is 0 Å². The summed E-state index contributed by atoms with van der Waals surface area (Å²) in [5.74, 6) is -0.598. The van der Waals surface area contributed by atoms with Crippen molar-refractivity contribution in [1.29, 1.82) is 0 Å². The van der Waals surface area contributed by atoms with E-state index in [0.717, 1.165) is 89.9 Å². The summed E-state index contributed by atoms with van der Waals surface area (Å²) in [6, 6.07) is 14.6. The first kappa shape index (κ1) is 35.6. The fourth-order valence-corrected chi connectivity index (χ4v) is 7.43. The molecule has 3 heterocycles. The number of aliphatic hydroxyl groups excluding tert-OH is 1. The normalized spacial score (nSPS) is 16.5. The predicted octanol–water partition coefficient (Wildman–Crippen LogP) is 6.32. The molecular formula is C42H47N5O5. The number of likely N-dealkylation sites (tertiary alicyclic amines) is 1. The number of ketones is 1. The Morgan fingerprint density at radius 1 is 0.827 bits per heavy atom. The number of nitrogens with zero attached hydrogens (tertiary/aromatic N) is 3. The minimum Gasteiger partial charge on any atom is -0.480 e. The van der Waals surface area contributed by atoms with E-state index >= 15 is 0 Å². The number of aromatic nitrogens is 2. The topological polar surface area (TPSA) is 145 Å². The van der Waals surface area contributed by atoms with Gasteiger partial charge in [0.2, 0.25) is 0 Å². The first-order valence-corrected chi connectivity index (χ1v) is 18.5. The number of carboxylic acids is 1. The van der Waals surface area contributed by atoms with Crippen LogP contribution in [0.5, 0.6) is 0 Å². The van der Waals surface area contributed by atoms with Gasteiger partial charge in [0.25, 0.3) is 5.91 Å². The number of hydrogen-bond donors (Lipinski definition) is 4. The lowest BCUT2D eigenvalue weighted by molar-refractivity contribution is -0.140. The van der Waals surface area contributed by atoms with Gasteiger partial charge in [-0.05, 0) is 146 Å². The van der Waals surface area contributed by atoms with Crippen molar-refractivity contribution < 1.29 is 24.6 Å². The van der Waals surface area contributed by atoms with Gasteiger partial charge in [-0.25, -0.2) is 0 Å². The average Bonchev–Trinajstić information content (AvgIpc) is 4.09. The van der Waals surface area contributed by atoms with Gasteiger partial charge < -0.3 is 15.5 Å². The SMILES string of the molecule is Cc1c(CC(=O)c2cc(C3CC3)c(CN[C@H](CO)C(=O)O)cn2)cccc1-c1cccc(NC(=O)c2cc(C3CC3)c(CN3CCCC3)cn2)c1C. The number of benzene rings is 2. The van der Waals surface area contributed by atoms with Crippen LogP contribution in [0.1, 0.15) is 110 Å². The Balaban J connectivity index is 1.07. The molecule has 0 spiro atoms. The van der Waals surface area contributed by atoms with Crippen LogP contribution in [-0.2, 0) is 24.3 Å². The Kier molecular flexibility index (Phi) is 10.6. The zero-order valence-corrected chi connectivity index (χ0v) is 30.0. The number of rotatable bonds is 15. The molecular weight excluding hydrogens is 654 g/mol. The van der Waals surface area contributed by atoms with Gasteiger partial charge in [-0.15, -0.1) is 0 Å². The van der Waals surface area contributed by atoms with Gasteiger partial charge in [-0.1, -0.05) is 30.3 Å². The number of nitrogens with one attached hydrogen (secondary N) is 2. The maximum Gasteiger partial charge on any atom is 0.323 e. The third-order valence-electron chi connectivity index (χ3n) is 10.9. The van der Waals surface area contributed by atoms with E-state index < -0.39 is 18.6 Å². The first-order chi connectivity index (χ1) is 25.2. The molecule has 0 radical (unpaired) electrons. The lowest BCUT2D eigenvalue weighted by Gasteiger charge is -2.18. The molecule has 2 aliphatic carbocycles. The molecule has 270 valence electrons. The van der Waals surface area contributed by atoms with Crippen LogP contribution < -0.4 is 10.6 Å².